The van der Waals surface area contributed by atoms with Gasteiger partial charge < -0.3 is 9.47 Å². The highest BCUT2D eigenvalue weighted by atomic mass is 19.4. The molecule has 9 heteroatoms. The van der Waals surface area contributed by atoms with Gasteiger partial charge in [-0.15, -0.1) is 10.2 Å². The van der Waals surface area contributed by atoms with Gasteiger partial charge in [0.2, 0.25) is 0 Å². The molecule has 2 aliphatic rings. The lowest BCUT2D eigenvalue weighted by Gasteiger charge is -2.43. The molecule has 5 rings (SSSR count). The molecule has 2 fully saturated rings. The molecule has 0 saturated heterocycles. The summed E-state index contributed by atoms with van der Waals surface area (Å²) in [4.78, 5) is 0. The fraction of sp³-hybridized carbons (Fsp3) is 0.435. The predicted octanol–water partition coefficient (Wildman–Crippen LogP) is 4.71. The Balaban J connectivity index is 1.43. The number of para-hydroxylation sites is 1. The van der Waals surface area contributed by atoms with Gasteiger partial charge in [-0.3, -0.25) is 4.40 Å². The molecule has 6 nitrogen and oxygen atoms in total. The molecular weight excluding hydrogens is 421 g/mol. The first-order chi connectivity index (χ1) is 15.3. The maximum Gasteiger partial charge on any atom is 0.423 e. The highest BCUT2D eigenvalue weighted by Crippen LogP contribution is 2.49. The second-order valence-electron chi connectivity index (χ2n) is 8.55. The van der Waals surface area contributed by atoms with Crippen molar-refractivity contribution >= 4 is 5.65 Å². The van der Waals surface area contributed by atoms with Crippen molar-refractivity contribution in [3.63, 3.8) is 0 Å². The number of rotatable bonds is 6. The third-order valence-electron chi connectivity index (χ3n) is 6.35. The Morgan fingerprint density at radius 3 is 2.56 bits per heavy atom. The molecule has 0 unspecified atom stereocenters. The van der Waals surface area contributed by atoms with Crippen molar-refractivity contribution in [3.8, 4) is 17.6 Å². The van der Waals surface area contributed by atoms with E-state index >= 15 is 0 Å². The van der Waals surface area contributed by atoms with E-state index in [1.807, 2.05) is 12.1 Å². The van der Waals surface area contributed by atoms with Crippen LogP contribution >= 0.6 is 0 Å². The fourth-order valence-corrected chi connectivity index (χ4v) is 4.46. The van der Waals surface area contributed by atoms with Crippen LogP contribution in [0, 0.1) is 17.2 Å². The van der Waals surface area contributed by atoms with Crippen LogP contribution in [0.25, 0.3) is 5.65 Å². The smallest absolute Gasteiger partial charge is 0.423 e. The van der Waals surface area contributed by atoms with E-state index in [0.29, 0.717) is 23.9 Å². The lowest BCUT2D eigenvalue weighted by molar-refractivity contribution is -0.138. The molecule has 0 radical (unpaired) electrons. The molecule has 2 aromatic heterocycles. The van der Waals surface area contributed by atoms with Crippen LogP contribution in [-0.2, 0) is 18.0 Å². The topological polar surface area (TPSA) is 72.4 Å². The molecule has 0 aliphatic heterocycles. The second-order valence-corrected chi connectivity index (χ2v) is 8.55. The Bertz CT molecular complexity index is 1200. The SMILES string of the molecule is COc1ccccc1[C@]1(C#N)C[C@@H](Oc2ccn3c(CC4CC4)nnc3c2C(F)(F)F)C1. The fourth-order valence-electron chi connectivity index (χ4n) is 4.46. The summed E-state index contributed by atoms with van der Waals surface area (Å²) in [6.07, 6.45) is -0.359. The lowest BCUT2D eigenvalue weighted by atomic mass is 9.63. The van der Waals surface area contributed by atoms with Gasteiger partial charge in [0, 0.05) is 31.0 Å². The van der Waals surface area contributed by atoms with Crippen LogP contribution in [-0.4, -0.2) is 27.8 Å². The monoisotopic (exact) mass is 442 g/mol. The van der Waals surface area contributed by atoms with Crippen LogP contribution in [0.4, 0.5) is 13.2 Å². The average molecular weight is 442 g/mol. The van der Waals surface area contributed by atoms with E-state index in [1.54, 1.807) is 12.1 Å². The maximum absolute atomic E-state index is 14.0. The summed E-state index contributed by atoms with van der Waals surface area (Å²) in [5.41, 5.74) is -1.31. The van der Waals surface area contributed by atoms with Gasteiger partial charge in [0.25, 0.3) is 0 Å². The van der Waals surface area contributed by atoms with E-state index in [0.717, 1.165) is 18.4 Å². The number of hydrogen-bond donors (Lipinski definition) is 0. The average Bonchev–Trinajstić information content (AvgIpc) is 3.48. The highest BCUT2D eigenvalue weighted by molar-refractivity contribution is 5.57. The molecule has 0 bridgehead atoms. The van der Waals surface area contributed by atoms with Gasteiger partial charge in [-0.1, -0.05) is 18.2 Å². The van der Waals surface area contributed by atoms with Gasteiger partial charge in [0.15, 0.2) is 5.65 Å². The third kappa shape index (κ3) is 3.44. The van der Waals surface area contributed by atoms with Crippen LogP contribution in [0.2, 0.25) is 0 Å². The summed E-state index contributed by atoms with van der Waals surface area (Å²) >= 11 is 0. The molecule has 2 saturated carbocycles. The number of pyridine rings is 1. The van der Waals surface area contributed by atoms with Crippen LogP contribution < -0.4 is 9.47 Å². The van der Waals surface area contributed by atoms with E-state index < -0.39 is 23.3 Å². The molecule has 32 heavy (non-hydrogen) atoms. The number of halogens is 3. The van der Waals surface area contributed by atoms with Crippen LogP contribution in [0.15, 0.2) is 36.5 Å². The van der Waals surface area contributed by atoms with Crippen molar-refractivity contribution in [1.29, 1.82) is 5.26 Å². The first-order valence-electron chi connectivity index (χ1n) is 10.5. The maximum atomic E-state index is 14.0. The van der Waals surface area contributed by atoms with Crippen molar-refractivity contribution in [1.82, 2.24) is 14.6 Å². The summed E-state index contributed by atoms with van der Waals surface area (Å²) in [6.45, 7) is 0. The molecule has 2 aliphatic carbocycles. The lowest BCUT2D eigenvalue weighted by Crippen LogP contribution is -2.46. The molecule has 0 amide bonds. The number of fused-ring (bicyclic) bond motifs is 1. The van der Waals surface area contributed by atoms with Crippen molar-refractivity contribution < 1.29 is 22.6 Å². The molecule has 0 spiro atoms. The van der Waals surface area contributed by atoms with Crippen LogP contribution in [0.3, 0.4) is 0 Å². The Labute approximate surface area is 182 Å². The number of methoxy groups -OCH3 is 1. The van der Waals surface area contributed by atoms with Crippen molar-refractivity contribution in [2.24, 2.45) is 5.92 Å². The minimum Gasteiger partial charge on any atom is -0.496 e. The molecule has 3 aromatic rings. The second kappa shape index (κ2) is 7.40. The van der Waals surface area contributed by atoms with E-state index in [9.17, 15) is 18.4 Å². The third-order valence-corrected chi connectivity index (χ3v) is 6.35. The quantitative estimate of drug-likeness (QED) is 0.553. The zero-order valence-electron chi connectivity index (χ0n) is 17.4. The standard InChI is InChI=1S/C23H21F3N4O2/c1-31-17-5-3-2-4-16(17)22(13-27)11-15(12-22)32-18-8-9-30-19(10-14-6-7-14)28-29-21(30)20(18)23(24,25)26/h2-5,8-9,14-15H,6-7,10-12H2,1H3/t15-,22-. The van der Waals surface area contributed by atoms with E-state index in [2.05, 4.69) is 16.3 Å². The van der Waals surface area contributed by atoms with Gasteiger partial charge in [0.1, 0.15) is 29.0 Å². The molecule has 166 valence electrons. The van der Waals surface area contributed by atoms with Crippen LogP contribution in [0.1, 0.15) is 42.6 Å². The Hall–Kier alpha value is -3.28. The van der Waals surface area contributed by atoms with Crippen molar-refractivity contribution in [2.45, 2.75) is 49.8 Å². The summed E-state index contributed by atoms with van der Waals surface area (Å²) in [5, 5.41) is 17.7. The number of ether oxygens (including phenoxy) is 2. The van der Waals surface area contributed by atoms with Crippen molar-refractivity contribution in [2.75, 3.05) is 7.11 Å². The van der Waals surface area contributed by atoms with E-state index in [1.165, 1.54) is 23.8 Å². The number of alkyl halides is 3. The molecule has 2 heterocycles. The largest absolute Gasteiger partial charge is 0.496 e. The van der Waals surface area contributed by atoms with Crippen LogP contribution in [0.5, 0.6) is 11.5 Å². The number of benzene rings is 1. The summed E-state index contributed by atoms with van der Waals surface area (Å²) in [5.74, 6) is 1.29. The number of nitriles is 1. The van der Waals surface area contributed by atoms with Crippen molar-refractivity contribution in [3.05, 3.63) is 53.5 Å². The number of hydrogen-bond acceptors (Lipinski definition) is 5. The normalized spacial score (nSPS) is 22.9. The first kappa shape index (κ1) is 20.6. The van der Waals surface area contributed by atoms with Gasteiger partial charge in [-0.05, 0) is 30.9 Å². The summed E-state index contributed by atoms with van der Waals surface area (Å²) in [6, 6.07) is 10.8. The number of nitrogens with zero attached hydrogens (tertiary/aromatic N) is 4. The highest BCUT2D eigenvalue weighted by Gasteiger charge is 2.50. The minimum absolute atomic E-state index is 0.249. The Morgan fingerprint density at radius 1 is 1.16 bits per heavy atom. The Morgan fingerprint density at radius 2 is 1.91 bits per heavy atom. The van der Waals surface area contributed by atoms with E-state index in [-0.39, 0.29) is 24.2 Å². The summed E-state index contributed by atoms with van der Waals surface area (Å²) < 4.78 is 54.5. The molecule has 1 aromatic carbocycles. The van der Waals surface area contributed by atoms with Gasteiger partial charge in [-0.25, -0.2) is 0 Å². The minimum atomic E-state index is -4.65. The number of aromatic nitrogens is 3. The summed E-state index contributed by atoms with van der Waals surface area (Å²) in [7, 11) is 1.53. The van der Waals surface area contributed by atoms with Gasteiger partial charge in [0.05, 0.1) is 18.6 Å². The first-order valence-corrected chi connectivity index (χ1v) is 10.5. The predicted molar refractivity (Wildman–Crippen MR) is 108 cm³/mol. The zero-order chi connectivity index (χ0) is 22.5. The zero-order valence-corrected chi connectivity index (χ0v) is 17.4. The van der Waals surface area contributed by atoms with Gasteiger partial charge >= 0.3 is 6.18 Å². The molecule has 0 atom stereocenters. The molecular formula is C23H21F3N4O2. The van der Waals surface area contributed by atoms with E-state index in [4.69, 9.17) is 9.47 Å². The Kier molecular flexibility index (Phi) is 4.77. The van der Waals surface area contributed by atoms with Gasteiger partial charge in [-0.2, -0.15) is 18.4 Å². The molecule has 0 N–H and O–H groups in total.